The van der Waals surface area contributed by atoms with E-state index in [2.05, 4.69) is 0 Å². The van der Waals surface area contributed by atoms with Crippen molar-refractivity contribution < 1.29 is 14.3 Å². The molecule has 1 saturated heterocycles. The van der Waals surface area contributed by atoms with E-state index in [-0.39, 0.29) is 5.91 Å². The predicted molar refractivity (Wildman–Crippen MR) is 152 cm³/mol. The van der Waals surface area contributed by atoms with Gasteiger partial charge in [-0.2, -0.15) is 5.10 Å². The van der Waals surface area contributed by atoms with Crippen molar-refractivity contribution in [3.05, 3.63) is 107 Å². The zero-order valence-electron chi connectivity index (χ0n) is 20.2. The lowest BCUT2D eigenvalue weighted by Crippen LogP contribution is -2.31. The Bertz CT molecular complexity index is 1440. The standard InChI is InChI=1S/C29H25N3O3S2/c1-34-16-15-31-28(33)26(37-29(31)36)18-23-19-32(24-12-6-3-7-13-24)30-27(23)22-11-8-14-25(17-22)35-20-21-9-4-2-5-10-21/h2-14,17-19H,15-16,20H2,1H3/b26-18-. The average Bonchev–Trinajstić information content (AvgIpc) is 3.48. The lowest BCUT2D eigenvalue weighted by Gasteiger charge is -2.12. The van der Waals surface area contributed by atoms with Crippen LogP contribution >= 0.6 is 24.0 Å². The first kappa shape index (κ1) is 25.0. The molecule has 1 aromatic heterocycles. The average molecular weight is 528 g/mol. The SMILES string of the molecule is COCCN1C(=O)/C(=C/c2cn(-c3ccccc3)nc2-c2cccc(OCc3ccccc3)c2)SC1=S. The number of rotatable bonds is 9. The smallest absolute Gasteiger partial charge is 0.266 e. The lowest BCUT2D eigenvalue weighted by molar-refractivity contribution is -0.122. The van der Waals surface area contributed by atoms with E-state index in [1.54, 1.807) is 12.0 Å². The number of amides is 1. The van der Waals surface area contributed by atoms with E-state index >= 15 is 0 Å². The first-order valence-corrected chi connectivity index (χ1v) is 13.0. The highest BCUT2D eigenvalue weighted by Gasteiger charge is 2.32. The molecule has 0 N–H and O–H groups in total. The molecule has 2 heterocycles. The van der Waals surface area contributed by atoms with Crippen LogP contribution in [0.5, 0.6) is 5.75 Å². The van der Waals surface area contributed by atoms with Crippen molar-refractivity contribution in [3.63, 3.8) is 0 Å². The van der Waals surface area contributed by atoms with Gasteiger partial charge in [0, 0.05) is 24.4 Å². The number of carbonyl (C=O) groups excluding carboxylic acids is 1. The molecule has 1 fully saturated rings. The zero-order chi connectivity index (χ0) is 25.6. The summed E-state index contributed by atoms with van der Waals surface area (Å²) in [6.07, 6.45) is 3.80. The van der Waals surface area contributed by atoms with E-state index in [1.807, 2.05) is 102 Å². The Balaban J connectivity index is 1.49. The van der Waals surface area contributed by atoms with E-state index in [4.69, 9.17) is 26.8 Å². The van der Waals surface area contributed by atoms with Gasteiger partial charge in [-0.3, -0.25) is 9.69 Å². The molecule has 186 valence electrons. The minimum absolute atomic E-state index is 0.120. The highest BCUT2D eigenvalue weighted by molar-refractivity contribution is 8.26. The first-order chi connectivity index (χ1) is 18.1. The number of carbonyl (C=O) groups is 1. The van der Waals surface area contributed by atoms with E-state index in [0.717, 1.165) is 33.8 Å². The lowest BCUT2D eigenvalue weighted by atomic mass is 10.1. The number of thiocarbonyl (C=S) groups is 1. The number of ether oxygens (including phenoxy) is 2. The van der Waals surface area contributed by atoms with Gasteiger partial charge in [-0.05, 0) is 35.9 Å². The molecular formula is C29H25N3O3S2. The molecule has 5 rings (SSSR count). The fourth-order valence-corrected chi connectivity index (χ4v) is 5.22. The molecule has 37 heavy (non-hydrogen) atoms. The van der Waals surface area contributed by atoms with Crippen LogP contribution in [0.1, 0.15) is 11.1 Å². The molecular weight excluding hydrogens is 502 g/mol. The number of benzene rings is 3. The Morgan fingerprint density at radius 2 is 1.76 bits per heavy atom. The van der Waals surface area contributed by atoms with Crippen LogP contribution in [-0.2, 0) is 16.1 Å². The molecule has 0 bridgehead atoms. The largest absolute Gasteiger partial charge is 0.489 e. The summed E-state index contributed by atoms with van der Waals surface area (Å²) in [5.74, 6) is 0.623. The van der Waals surface area contributed by atoms with Gasteiger partial charge in [0.2, 0.25) is 0 Å². The van der Waals surface area contributed by atoms with Crippen LogP contribution in [0.2, 0.25) is 0 Å². The minimum atomic E-state index is -0.120. The number of thioether (sulfide) groups is 1. The summed E-state index contributed by atoms with van der Waals surface area (Å²) in [5, 5.41) is 4.89. The second-order valence-corrected chi connectivity index (χ2v) is 10.0. The van der Waals surface area contributed by atoms with Crippen molar-refractivity contribution in [2.75, 3.05) is 20.3 Å². The quantitative estimate of drug-likeness (QED) is 0.198. The molecule has 8 heteroatoms. The summed E-state index contributed by atoms with van der Waals surface area (Å²) in [7, 11) is 1.61. The second kappa shape index (κ2) is 11.6. The Morgan fingerprint density at radius 3 is 2.51 bits per heavy atom. The van der Waals surface area contributed by atoms with Crippen LogP contribution < -0.4 is 4.74 Å². The van der Waals surface area contributed by atoms with Crippen LogP contribution in [0, 0.1) is 0 Å². The van der Waals surface area contributed by atoms with Gasteiger partial charge < -0.3 is 9.47 Å². The van der Waals surface area contributed by atoms with Crippen LogP contribution in [0.15, 0.2) is 96.0 Å². The van der Waals surface area contributed by atoms with Crippen LogP contribution in [0.4, 0.5) is 0 Å². The maximum atomic E-state index is 13.1. The molecule has 3 aromatic carbocycles. The molecule has 4 aromatic rings. The van der Waals surface area contributed by atoms with Crippen LogP contribution in [0.3, 0.4) is 0 Å². The number of methoxy groups -OCH3 is 1. The maximum absolute atomic E-state index is 13.1. The van der Waals surface area contributed by atoms with E-state index in [1.165, 1.54) is 11.8 Å². The molecule has 0 radical (unpaired) electrons. The van der Waals surface area contributed by atoms with Crippen molar-refractivity contribution >= 4 is 40.3 Å². The summed E-state index contributed by atoms with van der Waals surface area (Å²) < 4.78 is 13.5. The number of hydrogen-bond acceptors (Lipinski definition) is 6. The maximum Gasteiger partial charge on any atom is 0.266 e. The molecule has 1 amide bonds. The van der Waals surface area contributed by atoms with Crippen molar-refractivity contribution in [2.45, 2.75) is 6.61 Å². The summed E-state index contributed by atoms with van der Waals surface area (Å²) in [4.78, 5) is 15.2. The Kier molecular flexibility index (Phi) is 7.79. The van der Waals surface area contributed by atoms with Gasteiger partial charge in [-0.1, -0.05) is 84.6 Å². The fraction of sp³-hybridized carbons (Fsp3) is 0.138. The van der Waals surface area contributed by atoms with E-state index < -0.39 is 0 Å². The van der Waals surface area contributed by atoms with Crippen LogP contribution in [-0.4, -0.2) is 45.2 Å². The van der Waals surface area contributed by atoms with Crippen molar-refractivity contribution in [1.82, 2.24) is 14.7 Å². The third-order valence-corrected chi connectivity index (χ3v) is 7.18. The normalized spacial score (nSPS) is 14.5. The number of para-hydroxylation sites is 1. The van der Waals surface area contributed by atoms with Gasteiger partial charge in [0.1, 0.15) is 22.4 Å². The molecule has 0 aliphatic carbocycles. The van der Waals surface area contributed by atoms with Gasteiger partial charge in [0.05, 0.1) is 23.7 Å². The van der Waals surface area contributed by atoms with Gasteiger partial charge in [0.15, 0.2) is 0 Å². The van der Waals surface area contributed by atoms with Gasteiger partial charge in [0.25, 0.3) is 5.91 Å². The Morgan fingerprint density at radius 1 is 1.00 bits per heavy atom. The molecule has 6 nitrogen and oxygen atoms in total. The topological polar surface area (TPSA) is 56.6 Å². The summed E-state index contributed by atoms with van der Waals surface area (Å²) in [5.41, 5.74) is 4.47. The van der Waals surface area contributed by atoms with E-state index in [0.29, 0.717) is 29.0 Å². The second-order valence-electron chi connectivity index (χ2n) is 8.34. The first-order valence-electron chi connectivity index (χ1n) is 11.8. The molecule has 0 unspecified atom stereocenters. The fourth-order valence-electron chi connectivity index (χ4n) is 3.92. The molecule has 1 aliphatic heterocycles. The van der Waals surface area contributed by atoms with Crippen molar-refractivity contribution in [1.29, 1.82) is 0 Å². The van der Waals surface area contributed by atoms with Crippen LogP contribution in [0.25, 0.3) is 23.0 Å². The Labute approximate surface area is 225 Å². The third kappa shape index (κ3) is 5.83. The highest BCUT2D eigenvalue weighted by Crippen LogP contribution is 2.35. The number of aromatic nitrogens is 2. The summed E-state index contributed by atoms with van der Waals surface area (Å²) in [6.45, 7) is 1.32. The third-order valence-electron chi connectivity index (χ3n) is 5.80. The molecule has 0 atom stereocenters. The zero-order valence-corrected chi connectivity index (χ0v) is 21.9. The summed E-state index contributed by atoms with van der Waals surface area (Å²) in [6, 6.07) is 27.8. The van der Waals surface area contributed by atoms with Gasteiger partial charge in [-0.15, -0.1) is 0 Å². The van der Waals surface area contributed by atoms with E-state index in [9.17, 15) is 4.79 Å². The molecule has 0 saturated carbocycles. The highest BCUT2D eigenvalue weighted by atomic mass is 32.2. The molecule has 1 aliphatic rings. The summed E-state index contributed by atoms with van der Waals surface area (Å²) >= 11 is 6.75. The minimum Gasteiger partial charge on any atom is -0.489 e. The van der Waals surface area contributed by atoms with Crippen molar-refractivity contribution in [2.24, 2.45) is 0 Å². The van der Waals surface area contributed by atoms with Gasteiger partial charge in [-0.25, -0.2) is 4.68 Å². The monoisotopic (exact) mass is 527 g/mol. The number of hydrogen-bond donors (Lipinski definition) is 0. The number of nitrogens with zero attached hydrogens (tertiary/aromatic N) is 3. The Hall–Kier alpha value is -3.72. The molecule has 0 spiro atoms. The van der Waals surface area contributed by atoms with Gasteiger partial charge >= 0.3 is 0 Å². The van der Waals surface area contributed by atoms with Crippen molar-refractivity contribution in [3.8, 4) is 22.7 Å². The predicted octanol–water partition coefficient (Wildman–Crippen LogP) is 5.97.